The van der Waals surface area contributed by atoms with Gasteiger partial charge in [-0.2, -0.15) is 0 Å². The van der Waals surface area contributed by atoms with Crippen molar-refractivity contribution in [3.05, 3.63) is 74.4 Å². The highest BCUT2D eigenvalue weighted by Crippen LogP contribution is 2.34. The Labute approximate surface area is 182 Å². The second-order valence-electron chi connectivity index (χ2n) is 7.99. The Balaban J connectivity index is 1.60. The number of nitrogens with zero attached hydrogens (tertiary/aromatic N) is 2. The molecule has 1 saturated carbocycles. The van der Waals surface area contributed by atoms with E-state index in [4.69, 9.17) is 9.40 Å². The minimum atomic E-state index is -0.462. The van der Waals surface area contributed by atoms with Crippen LogP contribution in [0.3, 0.4) is 0 Å². The summed E-state index contributed by atoms with van der Waals surface area (Å²) < 4.78 is 7.20. The number of rotatable bonds is 4. The molecule has 0 aliphatic heterocycles. The van der Waals surface area contributed by atoms with Crippen LogP contribution in [-0.2, 0) is 5.75 Å². The summed E-state index contributed by atoms with van der Waals surface area (Å²) in [5, 5.41) is 12.1. The molecular formula is C24H22N2O4S. The molecule has 2 aromatic carbocycles. The molecule has 5 rings (SSSR count). The third kappa shape index (κ3) is 3.53. The van der Waals surface area contributed by atoms with Gasteiger partial charge in [0.2, 0.25) is 0 Å². The largest absolute Gasteiger partial charge is 0.508 e. The monoisotopic (exact) mass is 434 g/mol. The van der Waals surface area contributed by atoms with E-state index in [0.717, 1.165) is 36.6 Å². The second-order valence-corrected chi connectivity index (χ2v) is 8.93. The van der Waals surface area contributed by atoms with Crippen LogP contribution in [0.2, 0.25) is 0 Å². The van der Waals surface area contributed by atoms with Gasteiger partial charge in [-0.3, -0.25) is 9.36 Å². The zero-order valence-electron chi connectivity index (χ0n) is 17.1. The van der Waals surface area contributed by atoms with Gasteiger partial charge in [-0.05, 0) is 49.6 Å². The first-order chi connectivity index (χ1) is 15.0. The summed E-state index contributed by atoms with van der Waals surface area (Å²) >= 11 is 1.46. The van der Waals surface area contributed by atoms with Gasteiger partial charge >= 0.3 is 5.63 Å². The van der Waals surface area contributed by atoms with Crippen LogP contribution in [0.15, 0.2) is 61.6 Å². The first-order valence-electron chi connectivity index (χ1n) is 10.4. The number of aromatic nitrogens is 2. The van der Waals surface area contributed by atoms with Crippen molar-refractivity contribution < 1.29 is 9.52 Å². The van der Waals surface area contributed by atoms with Crippen LogP contribution in [0, 0.1) is 6.92 Å². The predicted molar refractivity (Wildman–Crippen MR) is 122 cm³/mol. The number of hydrogen-bond acceptors (Lipinski definition) is 6. The highest BCUT2D eigenvalue weighted by molar-refractivity contribution is 7.98. The quantitative estimate of drug-likeness (QED) is 0.279. The molecule has 0 saturated heterocycles. The molecular weight excluding hydrogens is 412 g/mol. The Kier molecular flexibility index (Phi) is 5.06. The summed E-state index contributed by atoms with van der Waals surface area (Å²) in [6.07, 6.45) is 4.18. The summed E-state index contributed by atoms with van der Waals surface area (Å²) in [6.45, 7) is 1.72. The fourth-order valence-corrected chi connectivity index (χ4v) is 5.45. The molecule has 0 atom stereocenters. The lowest BCUT2D eigenvalue weighted by atomic mass is 10.1. The maximum absolute atomic E-state index is 13.3. The van der Waals surface area contributed by atoms with E-state index in [9.17, 15) is 14.7 Å². The van der Waals surface area contributed by atoms with E-state index in [-0.39, 0.29) is 17.4 Å². The van der Waals surface area contributed by atoms with Crippen LogP contribution in [-0.4, -0.2) is 14.7 Å². The molecule has 1 aliphatic rings. The van der Waals surface area contributed by atoms with Crippen LogP contribution in [0.25, 0.3) is 21.9 Å². The highest BCUT2D eigenvalue weighted by atomic mass is 32.2. The zero-order valence-corrected chi connectivity index (χ0v) is 17.9. The molecule has 4 aromatic rings. The second kappa shape index (κ2) is 7.89. The van der Waals surface area contributed by atoms with Crippen LogP contribution in [0.5, 0.6) is 5.75 Å². The van der Waals surface area contributed by atoms with Crippen LogP contribution in [0.4, 0.5) is 0 Å². The molecule has 0 radical (unpaired) electrons. The number of para-hydroxylation sites is 1. The average Bonchev–Trinajstić information content (AvgIpc) is 3.29. The molecule has 1 fully saturated rings. The molecule has 158 valence electrons. The van der Waals surface area contributed by atoms with Gasteiger partial charge in [0.05, 0.1) is 10.9 Å². The average molecular weight is 435 g/mol. The van der Waals surface area contributed by atoms with E-state index < -0.39 is 5.63 Å². The summed E-state index contributed by atoms with van der Waals surface area (Å²) in [5.74, 6) is 0.552. The molecule has 7 heteroatoms. The molecule has 0 bridgehead atoms. The predicted octanol–water partition coefficient (Wildman–Crippen LogP) is 4.92. The Morgan fingerprint density at radius 1 is 1.13 bits per heavy atom. The van der Waals surface area contributed by atoms with Crippen molar-refractivity contribution in [2.75, 3.05) is 0 Å². The molecule has 2 heterocycles. The van der Waals surface area contributed by atoms with E-state index >= 15 is 0 Å². The number of aryl methyl sites for hydroxylation is 1. The van der Waals surface area contributed by atoms with Gasteiger partial charge in [-0.1, -0.05) is 36.7 Å². The lowest BCUT2D eigenvalue weighted by Gasteiger charge is -2.18. The van der Waals surface area contributed by atoms with Gasteiger partial charge < -0.3 is 9.52 Å². The fraction of sp³-hybridized carbons (Fsp3) is 0.292. The minimum absolute atomic E-state index is 0.00167. The Bertz CT molecular complexity index is 1420. The van der Waals surface area contributed by atoms with Crippen molar-refractivity contribution in [1.82, 2.24) is 9.55 Å². The molecule has 1 aliphatic carbocycles. The van der Waals surface area contributed by atoms with Crippen molar-refractivity contribution in [3.8, 4) is 5.75 Å². The van der Waals surface area contributed by atoms with E-state index in [1.54, 1.807) is 19.1 Å². The zero-order chi connectivity index (χ0) is 21.5. The van der Waals surface area contributed by atoms with Gasteiger partial charge in [0, 0.05) is 28.8 Å². The number of phenolic OH excluding ortho intramolecular Hbond substituents is 1. The first kappa shape index (κ1) is 19.9. The Hall–Kier alpha value is -3.06. The first-order valence-corrected chi connectivity index (χ1v) is 11.4. The Morgan fingerprint density at radius 3 is 2.71 bits per heavy atom. The van der Waals surface area contributed by atoms with Crippen LogP contribution < -0.4 is 11.2 Å². The van der Waals surface area contributed by atoms with Gasteiger partial charge in [-0.15, -0.1) is 0 Å². The number of fused-ring (bicyclic) bond motifs is 2. The number of benzene rings is 2. The maximum Gasteiger partial charge on any atom is 0.336 e. The summed E-state index contributed by atoms with van der Waals surface area (Å²) in [6, 6.07) is 12.4. The van der Waals surface area contributed by atoms with E-state index in [1.807, 2.05) is 28.8 Å². The number of phenols is 1. The van der Waals surface area contributed by atoms with Crippen molar-refractivity contribution >= 4 is 33.6 Å². The van der Waals surface area contributed by atoms with E-state index in [2.05, 4.69) is 0 Å². The summed E-state index contributed by atoms with van der Waals surface area (Å²) in [4.78, 5) is 30.3. The van der Waals surface area contributed by atoms with Crippen molar-refractivity contribution in [2.45, 2.75) is 49.6 Å². The number of thioether (sulfide) groups is 1. The molecule has 1 N–H and O–H groups in total. The summed E-state index contributed by atoms with van der Waals surface area (Å²) in [5.41, 5.74) is 1.94. The highest BCUT2D eigenvalue weighted by Gasteiger charge is 2.23. The van der Waals surface area contributed by atoms with Gasteiger partial charge in [-0.25, -0.2) is 9.78 Å². The van der Waals surface area contributed by atoms with Crippen molar-refractivity contribution in [2.24, 2.45) is 0 Å². The lowest BCUT2D eigenvalue weighted by molar-refractivity contribution is 0.457. The molecule has 0 unspecified atom stereocenters. The third-order valence-corrected chi connectivity index (χ3v) is 7.04. The molecule has 0 spiro atoms. The van der Waals surface area contributed by atoms with E-state index in [0.29, 0.717) is 33.0 Å². The number of hydrogen-bond donors (Lipinski definition) is 1. The van der Waals surface area contributed by atoms with Gasteiger partial charge in [0.25, 0.3) is 5.56 Å². The standard InChI is InChI=1S/C24H22N2O4S/c1-14-20(27)11-10-17-15(12-21(28)30-22(14)17)13-31-24-25-19-9-5-4-8-18(19)23(29)26(24)16-6-2-3-7-16/h4-5,8-12,16,27H,2-3,6-7,13H2,1H3. The molecule has 2 aromatic heterocycles. The molecule has 6 nitrogen and oxygen atoms in total. The SMILES string of the molecule is Cc1c(O)ccc2c(CSc3nc4ccccc4c(=O)n3C3CCCC3)cc(=O)oc12. The van der Waals surface area contributed by atoms with Gasteiger partial charge in [0.1, 0.15) is 11.3 Å². The van der Waals surface area contributed by atoms with Crippen molar-refractivity contribution in [3.63, 3.8) is 0 Å². The number of aromatic hydroxyl groups is 1. The van der Waals surface area contributed by atoms with Crippen molar-refractivity contribution in [1.29, 1.82) is 0 Å². The normalized spacial score (nSPS) is 14.6. The fourth-order valence-electron chi connectivity index (χ4n) is 4.39. The topological polar surface area (TPSA) is 85.3 Å². The smallest absolute Gasteiger partial charge is 0.336 e. The van der Waals surface area contributed by atoms with Crippen LogP contribution in [0.1, 0.15) is 42.9 Å². The molecule has 31 heavy (non-hydrogen) atoms. The van der Waals surface area contributed by atoms with E-state index in [1.165, 1.54) is 17.8 Å². The summed E-state index contributed by atoms with van der Waals surface area (Å²) in [7, 11) is 0. The maximum atomic E-state index is 13.3. The Morgan fingerprint density at radius 2 is 1.90 bits per heavy atom. The molecule has 0 amide bonds. The minimum Gasteiger partial charge on any atom is -0.508 e. The third-order valence-electron chi connectivity index (χ3n) is 6.04. The lowest BCUT2D eigenvalue weighted by Crippen LogP contribution is -2.26. The van der Waals surface area contributed by atoms with Crippen LogP contribution >= 0.6 is 11.8 Å². The van der Waals surface area contributed by atoms with Gasteiger partial charge in [0.15, 0.2) is 5.16 Å².